The maximum atomic E-state index is 12.8. The lowest BCUT2D eigenvalue weighted by Gasteiger charge is -2.15. The average Bonchev–Trinajstić information content (AvgIpc) is 3.18. The Morgan fingerprint density at radius 2 is 1.72 bits per heavy atom. The van der Waals surface area contributed by atoms with E-state index in [1.54, 1.807) is 36.4 Å². The topological polar surface area (TPSA) is 106 Å². The first-order valence-corrected chi connectivity index (χ1v) is 8.90. The van der Waals surface area contributed by atoms with Gasteiger partial charge < -0.3 is 5.32 Å². The number of carbonyl (C=O) groups is 3. The van der Waals surface area contributed by atoms with Crippen molar-refractivity contribution in [3.05, 3.63) is 76.5 Å². The summed E-state index contributed by atoms with van der Waals surface area (Å²) in [6.45, 7) is 1.24. The van der Waals surface area contributed by atoms with Gasteiger partial charge in [-0.25, -0.2) is 14.3 Å². The second-order valence-corrected chi connectivity index (χ2v) is 6.57. The zero-order valence-electron chi connectivity index (χ0n) is 15.5. The fourth-order valence-electron chi connectivity index (χ4n) is 3.15. The quantitative estimate of drug-likeness (QED) is 0.669. The highest BCUT2D eigenvalue weighted by atomic mass is 16.2. The van der Waals surface area contributed by atoms with E-state index in [9.17, 15) is 19.2 Å². The first kappa shape index (κ1) is 18.4. The molecule has 2 amide bonds. The van der Waals surface area contributed by atoms with Crippen LogP contribution in [0.2, 0.25) is 0 Å². The minimum absolute atomic E-state index is 0.0780. The van der Waals surface area contributed by atoms with E-state index < -0.39 is 17.6 Å². The number of anilines is 2. The van der Waals surface area contributed by atoms with Crippen LogP contribution in [0.4, 0.5) is 16.2 Å². The molecule has 2 heterocycles. The maximum absolute atomic E-state index is 12.8. The molecular weight excluding hydrogens is 374 g/mol. The predicted octanol–water partition coefficient (Wildman–Crippen LogP) is 1.87. The van der Waals surface area contributed by atoms with Gasteiger partial charge in [0.05, 0.1) is 6.54 Å². The molecule has 1 aliphatic rings. The van der Waals surface area contributed by atoms with Gasteiger partial charge in [-0.05, 0) is 43.3 Å². The normalized spacial score (nSPS) is 12.7. The fraction of sp³-hybridized carbons (Fsp3) is 0.150. The summed E-state index contributed by atoms with van der Waals surface area (Å²) in [4.78, 5) is 54.1. The smallest absolute Gasteiger partial charge is 0.324 e. The third-order valence-electron chi connectivity index (χ3n) is 4.58. The van der Waals surface area contributed by atoms with E-state index in [1.165, 1.54) is 11.8 Å². The molecule has 0 atom stereocenters. The van der Waals surface area contributed by atoms with Crippen LogP contribution in [0.5, 0.6) is 0 Å². The molecule has 9 heteroatoms. The van der Waals surface area contributed by atoms with Gasteiger partial charge >= 0.3 is 11.7 Å². The second kappa shape index (κ2) is 7.19. The zero-order valence-corrected chi connectivity index (χ0v) is 15.5. The third kappa shape index (κ3) is 3.45. The number of fused-ring (bicyclic) bond motifs is 1. The minimum Gasteiger partial charge on any atom is -0.324 e. The Morgan fingerprint density at radius 3 is 2.38 bits per heavy atom. The average molecular weight is 391 g/mol. The number of benzene rings is 2. The zero-order chi connectivity index (χ0) is 20.5. The molecule has 9 nitrogen and oxygen atoms in total. The van der Waals surface area contributed by atoms with Crippen LogP contribution in [0.25, 0.3) is 0 Å². The molecule has 0 saturated heterocycles. The summed E-state index contributed by atoms with van der Waals surface area (Å²) < 4.78 is 2.15. The Balaban J connectivity index is 1.52. The van der Waals surface area contributed by atoms with Crippen molar-refractivity contribution in [2.24, 2.45) is 0 Å². The van der Waals surface area contributed by atoms with Crippen molar-refractivity contribution in [3.63, 3.8) is 0 Å². The molecule has 0 saturated carbocycles. The highest BCUT2D eigenvalue weighted by molar-refractivity contribution is 5.97. The van der Waals surface area contributed by atoms with Gasteiger partial charge in [0, 0.05) is 16.9 Å². The van der Waals surface area contributed by atoms with Gasteiger partial charge in [0.1, 0.15) is 6.54 Å². The summed E-state index contributed by atoms with van der Waals surface area (Å²) in [7, 11) is 0. The molecule has 0 unspecified atom stereocenters. The maximum Gasteiger partial charge on any atom is 0.365 e. The van der Waals surface area contributed by atoms with Crippen molar-refractivity contribution in [2.45, 2.75) is 20.0 Å². The van der Waals surface area contributed by atoms with Gasteiger partial charge in [0.15, 0.2) is 11.6 Å². The highest BCUT2D eigenvalue weighted by Gasteiger charge is 2.33. The van der Waals surface area contributed by atoms with Crippen LogP contribution in [-0.2, 0) is 17.9 Å². The molecule has 0 radical (unpaired) electrons. The first-order valence-electron chi connectivity index (χ1n) is 8.90. The molecule has 2 aromatic carbocycles. The number of Topliss-reactive ketones (excluding diaryl/α,β-unsaturated/α-hetero) is 1. The summed E-state index contributed by atoms with van der Waals surface area (Å²) in [6.07, 6.45) is 0. The molecule has 1 aromatic heterocycles. The molecule has 1 aliphatic heterocycles. The highest BCUT2D eigenvalue weighted by Crippen LogP contribution is 2.22. The molecule has 0 bridgehead atoms. The van der Waals surface area contributed by atoms with E-state index in [-0.39, 0.29) is 24.7 Å². The van der Waals surface area contributed by atoms with E-state index in [0.717, 1.165) is 9.36 Å². The number of aromatic nitrogens is 3. The van der Waals surface area contributed by atoms with Crippen LogP contribution < -0.4 is 15.9 Å². The largest absolute Gasteiger partial charge is 0.365 e. The van der Waals surface area contributed by atoms with Crippen LogP contribution in [0.15, 0.2) is 59.4 Å². The molecule has 146 valence electrons. The molecule has 4 rings (SSSR count). The van der Waals surface area contributed by atoms with Gasteiger partial charge in [0.25, 0.3) is 0 Å². The SMILES string of the molecule is CC(=O)c1ccc(NC(=O)Cn2c(=O)nc3n2C(=O)N(c2ccccc2)C3)cc1. The summed E-state index contributed by atoms with van der Waals surface area (Å²) in [5.74, 6) is -0.287. The van der Waals surface area contributed by atoms with Crippen molar-refractivity contribution in [1.82, 2.24) is 14.3 Å². The van der Waals surface area contributed by atoms with E-state index in [1.807, 2.05) is 18.2 Å². The Labute approximate surface area is 165 Å². The fourth-order valence-corrected chi connectivity index (χ4v) is 3.15. The van der Waals surface area contributed by atoms with Crippen LogP contribution in [0.3, 0.4) is 0 Å². The number of para-hydroxylation sites is 1. The molecule has 3 aromatic rings. The van der Waals surface area contributed by atoms with Crippen LogP contribution >= 0.6 is 0 Å². The number of rotatable bonds is 5. The number of amides is 2. The van der Waals surface area contributed by atoms with Crippen molar-refractivity contribution in [3.8, 4) is 0 Å². The molecule has 0 fully saturated rings. The van der Waals surface area contributed by atoms with E-state index in [2.05, 4.69) is 10.3 Å². The summed E-state index contributed by atoms with van der Waals surface area (Å²) >= 11 is 0. The lowest BCUT2D eigenvalue weighted by atomic mass is 10.1. The monoisotopic (exact) mass is 391 g/mol. The van der Waals surface area contributed by atoms with Crippen LogP contribution in [-0.4, -0.2) is 32.1 Å². The van der Waals surface area contributed by atoms with Gasteiger partial charge in [-0.2, -0.15) is 9.67 Å². The number of ketones is 1. The number of nitrogens with zero attached hydrogens (tertiary/aromatic N) is 4. The molecule has 29 heavy (non-hydrogen) atoms. The predicted molar refractivity (Wildman–Crippen MR) is 105 cm³/mol. The number of nitrogens with one attached hydrogen (secondary N) is 1. The van der Waals surface area contributed by atoms with Gasteiger partial charge in [-0.3, -0.25) is 14.5 Å². The van der Waals surface area contributed by atoms with Crippen LogP contribution in [0, 0.1) is 0 Å². The molecule has 1 N–H and O–H groups in total. The molecule has 0 spiro atoms. The van der Waals surface area contributed by atoms with E-state index >= 15 is 0 Å². The Morgan fingerprint density at radius 1 is 1.03 bits per heavy atom. The van der Waals surface area contributed by atoms with Crippen LogP contribution in [0.1, 0.15) is 23.1 Å². The lowest BCUT2D eigenvalue weighted by molar-refractivity contribution is -0.117. The Bertz CT molecular complexity index is 1160. The second-order valence-electron chi connectivity index (χ2n) is 6.57. The van der Waals surface area contributed by atoms with Crippen molar-refractivity contribution in [2.75, 3.05) is 10.2 Å². The number of hydrogen-bond acceptors (Lipinski definition) is 5. The molecular formula is C20H17N5O4. The van der Waals surface area contributed by atoms with E-state index in [0.29, 0.717) is 16.9 Å². The molecule has 0 aliphatic carbocycles. The van der Waals surface area contributed by atoms with Crippen molar-refractivity contribution in [1.29, 1.82) is 0 Å². The van der Waals surface area contributed by atoms with Crippen molar-refractivity contribution < 1.29 is 14.4 Å². The lowest BCUT2D eigenvalue weighted by Crippen LogP contribution is -2.36. The van der Waals surface area contributed by atoms with Gasteiger partial charge in [-0.15, -0.1) is 0 Å². The number of carbonyl (C=O) groups excluding carboxylic acids is 3. The van der Waals surface area contributed by atoms with Gasteiger partial charge in [0.2, 0.25) is 5.91 Å². The Kier molecular flexibility index (Phi) is 4.55. The summed E-state index contributed by atoms with van der Waals surface area (Å²) in [5, 5.41) is 2.65. The third-order valence-corrected chi connectivity index (χ3v) is 4.58. The standard InChI is InChI=1S/C20H17N5O4/c1-13(26)14-7-9-15(10-8-14)21-18(27)12-24-19(28)22-17-11-23(20(29)25(17)24)16-5-3-2-4-6-16/h2-10H,11-12H2,1H3,(H,21,27). The summed E-state index contributed by atoms with van der Waals surface area (Å²) in [5.41, 5.74) is 1.02. The summed E-state index contributed by atoms with van der Waals surface area (Å²) in [6, 6.07) is 15.0. The Hall–Kier alpha value is -4.01. The first-order chi connectivity index (χ1) is 13.9. The minimum atomic E-state index is -0.664. The number of hydrogen-bond donors (Lipinski definition) is 1. The van der Waals surface area contributed by atoms with Gasteiger partial charge in [-0.1, -0.05) is 18.2 Å². The van der Waals surface area contributed by atoms with E-state index in [4.69, 9.17) is 0 Å². The van der Waals surface area contributed by atoms with Crippen molar-refractivity contribution >= 4 is 29.1 Å².